The van der Waals surface area contributed by atoms with Crippen molar-refractivity contribution in [2.24, 2.45) is 0 Å². The lowest BCUT2D eigenvalue weighted by atomic mass is 10.1. The van der Waals surface area contributed by atoms with Gasteiger partial charge in [-0.3, -0.25) is 4.79 Å². The van der Waals surface area contributed by atoms with Crippen molar-refractivity contribution in [2.75, 3.05) is 43.0 Å². The highest BCUT2D eigenvalue weighted by Gasteiger charge is 2.29. The number of hydrogen-bond acceptors (Lipinski definition) is 4. The summed E-state index contributed by atoms with van der Waals surface area (Å²) in [6.07, 6.45) is 0.435. The van der Waals surface area contributed by atoms with Gasteiger partial charge in [-0.1, -0.05) is 24.3 Å². The second kappa shape index (κ2) is 7.22. The summed E-state index contributed by atoms with van der Waals surface area (Å²) in [6.45, 7) is 4.19. The zero-order valence-corrected chi connectivity index (χ0v) is 17.1. The number of benzene rings is 2. The number of carbonyl (C=O) groups is 1. The van der Waals surface area contributed by atoms with Crippen LogP contribution in [-0.2, 0) is 27.0 Å². The molecular formula is C21H25N3O3S. The van der Waals surface area contributed by atoms with E-state index in [1.807, 2.05) is 43.3 Å². The summed E-state index contributed by atoms with van der Waals surface area (Å²) in [6, 6.07) is 13.7. The molecule has 0 unspecified atom stereocenters. The Morgan fingerprint density at radius 3 is 2.43 bits per heavy atom. The summed E-state index contributed by atoms with van der Waals surface area (Å²) in [5.41, 5.74) is 4.92. The fourth-order valence-electron chi connectivity index (χ4n) is 3.94. The van der Waals surface area contributed by atoms with Gasteiger partial charge < -0.3 is 9.80 Å². The average Bonchev–Trinajstić information content (AvgIpc) is 2.97. The zero-order chi connectivity index (χ0) is 19.9. The van der Waals surface area contributed by atoms with Crippen molar-refractivity contribution in [3.05, 3.63) is 59.2 Å². The Kier molecular flexibility index (Phi) is 4.89. The number of sulfonamides is 1. The molecule has 28 heavy (non-hydrogen) atoms. The van der Waals surface area contributed by atoms with Crippen LogP contribution in [0.15, 0.2) is 42.5 Å². The molecule has 6 nitrogen and oxygen atoms in total. The van der Waals surface area contributed by atoms with Crippen LogP contribution in [0.4, 0.5) is 11.4 Å². The van der Waals surface area contributed by atoms with Crippen molar-refractivity contribution < 1.29 is 13.2 Å². The monoisotopic (exact) mass is 399 g/mol. The highest BCUT2D eigenvalue weighted by atomic mass is 32.2. The van der Waals surface area contributed by atoms with Crippen LogP contribution < -0.4 is 9.80 Å². The summed E-state index contributed by atoms with van der Waals surface area (Å²) in [5, 5.41) is 0. The minimum absolute atomic E-state index is 0.0486. The number of carbonyl (C=O) groups excluding carboxylic acids is 1. The third-order valence-corrected chi connectivity index (χ3v) is 7.56. The number of rotatable bonds is 4. The van der Waals surface area contributed by atoms with E-state index in [9.17, 15) is 13.2 Å². The highest BCUT2D eigenvalue weighted by molar-refractivity contribution is 7.88. The van der Waals surface area contributed by atoms with Gasteiger partial charge in [-0.25, -0.2) is 8.42 Å². The van der Waals surface area contributed by atoms with Crippen molar-refractivity contribution in [1.82, 2.24) is 4.31 Å². The molecule has 7 heteroatoms. The Morgan fingerprint density at radius 1 is 1.00 bits per heavy atom. The van der Waals surface area contributed by atoms with Gasteiger partial charge in [0.2, 0.25) is 15.9 Å². The smallest absolute Gasteiger partial charge is 0.231 e. The molecule has 2 aromatic rings. The van der Waals surface area contributed by atoms with Gasteiger partial charge in [-0.15, -0.1) is 0 Å². The molecule has 1 fully saturated rings. The van der Waals surface area contributed by atoms with E-state index < -0.39 is 10.0 Å². The molecule has 1 amide bonds. The summed E-state index contributed by atoms with van der Waals surface area (Å²) >= 11 is 0. The first-order chi connectivity index (χ1) is 13.3. The average molecular weight is 400 g/mol. The zero-order valence-electron chi connectivity index (χ0n) is 16.3. The second-order valence-electron chi connectivity index (χ2n) is 7.51. The fourth-order valence-corrected chi connectivity index (χ4v) is 5.56. The van der Waals surface area contributed by atoms with Crippen molar-refractivity contribution in [1.29, 1.82) is 0 Å². The molecule has 2 aliphatic rings. The summed E-state index contributed by atoms with van der Waals surface area (Å²) in [5.74, 6) is 0.159. The first-order valence-electron chi connectivity index (χ1n) is 9.52. The predicted octanol–water partition coefficient (Wildman–Crippen LogP) is 2.17. The van der Waals surface area contributed by atoms with E-state index in [0.29, 0.717) is 32.6 Å². The van der Waals surface area contributed by atoms with Crippen molar-refractivity contribution in [3.8, 4) is 0 Å². The number of fused-ring (bicyclic) bond motifs is 1. The second-order valence-corrected chi connectivity index (χ2v) is 9.48. The molecule has 1 saturated heterocycles. The number of aryl methyl sites for hydroxylation is 1. The molecule has 148 valence electrons. The van der Waals surface area contributed by atoms with Gasteiger partial charge in [0.1, 0.15) is 0 Å². The quantitative estimate of drug-likeness (QED) is 0.791. The Labute approximate surface area is 166 Å². The molecule has 2 heterocycles. The van der Waals surface area contributed by atoms with Crippen molar-refractivity contribution in [2.45, 2.75) is 19.1 Å². The molecule has 4 rings (SSSR count). The molecule has 0 bridgehead atoms. The van der Waals surface area contributed by atoms with E-state index in [4.69, 9.17) is 0 Å². The molecular weight excluding hydrogens is 374 g/mol. The Bertz CT molecular complexity index is 1010. The minimum Gasteiger partial charge on any atom is -0.369 e. The number of anilines is 2. The van der Waals surface area contributed by atoms with Crippen LogP contribution in [0.5, 0.6) is 0 Å². The van der Waals surface area contributed by atoms with Crippen LogP contribution in [0.25, 0.3) is 0 Å². The maximum Gasteiger partial charge on any atom is 0.231 e. The standard InChI is InChI=1S/C21H25N3O3S/c1-16-5-3-4-6-17(16)15-28(26,27)24-11-9-23(10-12-24)19-7-8-20-18(13-19)14-21(25)22(20)2/h3-8,13H,9-12,14-15H2,1-2H3. The van der Waals surface area contributed by atoms with E-state index in [2.05, 4.69) is 11.0 Å². The van der Waals surface area contributed by atoms with E-state index in [1.54, 1.807) is 16.3 Å². The topological polar surface area (TPSA) is 60.9 Å². The molecule has 0 aliphatic carbocycles. The largest absolute Gasteiger partial charge is 0.369 e. The van der Waals surface area contributed by atoms with E-state index in [-0.39, 0.29) is 11.7 Å². The molecule has 0 aromatic heterocycles. The number of nitrogens with zero attached hydrogens (tertiary/aromatic N) is 3. The van der Waals surface area contributed by atoms with Crippen LogP contribution in [0.3, 0.4) is 0 Å². The number of likely N-dealkylation sites (N-methyl/N-ethyl adjacent to an activating group) is 1. The maximum atomic E-state index is 12.8. The first-order valence-corrected chi connectivity index (χ1v) is 11.1. The van der Waals surface area contributed by atoms with Gasteiger partial charge in [0.05, 0.1) is 12.2 Å². The lowest BCUT2D eigenvalue weighted by molar-refractivity contribution is -0.117. The predicted molar refractivity (Wildman–Crippen MR) is 111 cm³/mol. The van der Waals surface area contributed by atoms with Gasteiger partial charge in [-0.2, -0.15) is 4.31 Å². The Morgan fingerprint density at radius 2 is 1.71 bits per heavy atom. The third kappa shape index (κ3) is 3.52. The molecule has 0 saturated carbocycles. The van der Waals surface area contributed by atoms with Crippen LogP contribution in [0.2, 0.25) is 0 Å². The molecule has 2 aromatic carbocycles. The third-order valence-electron chi connectivity index (χ3n) is 5.74. The van der Waals surface area contributed by atoms with Crippen molar-refractivity contribution in [3.63, 3.8) is 0 Å². The fraction of sp³-hybridized carbons (Fsp3) is 0.381. The lowest BCUT2D eigenvalue weighted by Crippen LogP contribution is -2.49. The number of piperazine rings is 1. The molecule has 0 spiro atoms. The van der Waals surface area contributed by atoms with Gasteiger partial charge in [0.15, 0.2) is 0 Å². The van der Waals surface area contributed by atoms with Gasteiger partial charge >= 0.3 is 0 Å². The van der Waals surface area contributed by atoms with Gasteiger partial charge in [0.25, 0.3) is 0 Å². The molecule has 0 radical (unpaired) electrons. The minimum atomic E-state index is -3.33. The van der Waals surface area contributed by atoms with E-state index in [0.717, 1.165) is 28.1 Å². The van der Waals surface area contributed by atoms with E-state index >= 15 is 0 Å². The lowest BCUT2D eigenvalue weighted by Gasteiger charge is -2.35. The van der Waals surface area contributed by atoms with E-state index in [1.165, 1.54) is 0 Å². The number of amides is 1. The first kappa shape index (κ1) is 19.0. The maximum absolute atomic E-state index is 12.8. The van der Waals surface area contributed by atoms with Crippen LogP contribution in [-0.4, -0.2) is 51.9 Å². The van der Waals surface area contributed by atoms with Gasteiger partial charge in [-0.05, 0) is 41.8 Å². The molecule has 0 N–H and O–H groups in total. The Hall–Kier alpha value is -2.38. The SMILES string of the molecule is Cc1ccccc1CS(=O)(=O)N1CCN(c2ccc3c(c2)CC(=O)N3C)CC1. The van der Waals surface area contributed by atoms with Crippen LogP contribution in [0.1, 0.15) is 16.7 Å². The van der Waals surface area contributed by atoms with Gasteiger partial charge in [0, 0.05) is 44.6 Å². The molecule has 0 atom stereocenters. The van der Waals surface area contributed by atoms with Crippen molar-refractivity contribution >= 4 is 27.3 Å². The summed E-state index contributed by atoms with van der Waals surface area (Å²) < 4.78 is 27.3. The molecule has 2 aliphatic heterocycles. The number of hydrogen-bond donors (Lipinski definition) is 0. The van der Waals surface area contributed by atoms with Crippen LogP contribution >= 0.6 is 0 Å². The van der Waals surface area contributed by atoms with Crippen LogP contribution in [0, 0.1) is 6.92 Å². The summed E-state index contributed by atoms with van der Waals surface area (Å²) in [4.78, 5) is 15.8. The Balaban J connectivity index is 1.43. The normalized spacial score (nSPS) is 17.9. The summed E-state index contributed by atoms with van der Waals surface area (Å²) in [7, 11) is -1.54. The highest BCUT2D eigenvalue weighted by Crippen LogP contribution is 2.32.